The van der Waals surface area contributed by atoms with Crippen molar-refractivity contribution in [1.29, 1.82) is 0 Å². The number of halogens is 1. The van der Waals surface area contributed by atoms with E-state index >= 15 is 0 Å². The predicted molar refractivity (Wildman–Crippen MR) is 91.2 cm³/mol. The van der Waals surface area contributed by atoms with Crippen LogP contribution in [0.25, 0.3) is 11.4 Å². The van der Waals surface area contributed by atoms with E-state index in [1.165, 1.54) is 4.80 Å². The van der Waals surface area contributed by atoms with Crippen LogP contribution in [0.2, 0.25) is 5.02 Å². The highest BCUT2D eigenvalue weighted by molar-refractivity contribution is 6.31. The quantitative estimate of drug-likeness (QED) is 0.715. The van der Waals surface area contributed by atoms with Crippen LogP contribution in [0, 0.1) is 0 Å². The molecule has 0 spiro atoms. The Morgan fingerprint density at radius 3 is 2.58 bits per heavy atom. The van der Waals surface area contributed by atoms with E-state index in [0.717, 1.165) is 11.1 Å². The van der Waals surface area contributed by atoms with E-state index in [2.05, 4.69) is 15.4 Å². The highest BCUT2D eigenvalue weighted by Gasteiger charge is 2.14. The fourth-order valence-corrected chi connectivity index (χ4v) is 2.42. The van der Waals surface area contributed by atoms with E-state index in [1.54, 1.807) is 18.0 Å². The maximum absolute atomic E-state index is 12.3. The number of rotatable bonds is 5. The Labute approximate surface area is 144 Å². The minimum atomic E-state index is -0.119. The number of carbonyl (C=O) groups is 1. The number of nitrogens with zero attached hydrogens (tertiary/aromatic N) is 5. The maximum atomic E-state index is 12.3. The number of aromatic nitrogens is 4. The molecule has 122 valence electrons. The predicted octanol–water partition coefficient (Wildman–Crippen LogP) is 2.65. The van der Waals surface area contributed by atoms with Crippen LogP contribution in [0.5, 0.6) is 0 Å². The van der Waals surface area contributed by atoms with Gasteiger partial charge in [-0.05, 0) is 16.8 Å². The third-order valence-electron chi connectivity index (χ3n) is 3.55. The number of likely N-dealkylation sites (N-methyl/N-ethyl adjacent to an activating group) is 1. The Morgan fingerprint density at radius 2 is 1.83 bits per heavy atom. The molecule has 0 fully saturated rings. The first-order valence-electron chi connectivity index (χ1n) is 7.44. The van der Waals surface area contributed by atoms with E-state index in [9.17, 15) is 4.79 Å². The number of amides is 1. The second-order valence-electron chi connectivity index (χ2n) is 5.35. The molecular weight excluding hydrogens is 326 g/mol. The summed E-state index contributed by atoms with van der Waals surface area (Å²) in [5, 5.41) is 12.8. The zero-order chi connectivity index (χ0) is 16.9. The van der Waals surface area contributed by atoms with Crippen molar-refractivity contribution in [1.82, 2.24) is 25.1 Å². The molecule has 7 heteroatoms. The molecule has 1 amide bonds. The second kappa shape index (κ2) is 7.23. The molecule has 0 aliphatic carbocycles. The van der Waals surface area contributed by atoms with Gasteiger partial charge >= 0.3 is 0 Å². The van der Waals surface area contributed by atoms with E-state index in [1.807, 2.05) is 48.5 Å². The SMILES string of the molecule is CN(Cc1ccccc1Cl)C(=O)Cn1nnc(-c2ccccc2)n1. The van der Waals surface area contributed by atoms with Crippen LogP contribution < -0.4 is 0 Å². The topological polar surface area (TPSA) is 63.9 Å². The Bertz CT molecular complexity index is 834. The number of hydrogen-bond acceptors (Lipinski definition) is 4. The molecule has 0 aliphatic rings. The third-order valence-corrected chi connectivity index (χ3v) is 3.92. The zero-order valence-corrected chi connectivity index (χ0v) is 13.9. The minimum absolute atomic E-state index is 0.0286. The van der Waals surface area contributed by atoms with Gasteiger partial charge in [0.05, 0.1) is 0 Å². The molecule has 24 heavy (non-hydrogen) atoms. The molecule has 1 aromatic heterocycles. The van der Waals surface area contributed by atoms with E-state index < -0.39 is 0 Å². The van der Waals surface area contributed by atoms with E-state index in [4.69, 9.17) is 11.6 Å². The number of carbonyl (C=O) groups excluding carboxylic acids is 1. The van der Waals surface area contributed by atoms with Gasteiger partial charge in [-0.3, -0.25) is 4.79 Å². The van der Waals surface area contributed by atoms with Crippen molar-refractivity contribution in [2.75, 3.05) is 7.05 Å². The average molecular weight is 342 g/mol. The Morgan fingerprint density at radius 1 is 1.12 bits per heavy atom. The summed E-state index contributed by atoms with van der Waals surface area (Å²) in [4.78, 5) is 15.2. The van der Waals surface area contributed by atoms with Crippen molar-refractivity contribution in [3.05, 3.63) is 65.2 Å². The van der Waals surface area contributed by atoms with Crippen molar-refractivity contribution in [3.63, 3.8) is 0 Å². The highest BCUT2D eigenvalue weighted by Crippen LogP contribution is 2.16. The van der Waals surface area contributed by atoms with Crippen LogP contribution in [0.1, 0.15) is 5.56 Å². The van der Waals surface area contributed by atoms with Gasteiger partial charge in [-0.25, -0.2) is 0 Å². The van der Waals surface area contributed by atoms with Crippen molar-refractivity contribution in [3.8, 4) is 11.4 Å². The normalized spacial score (nSPS) is 10.6. The molecule has 0 radical (unpaired) electrons. The summed E-state index contributed by atoms with van der Waals surface area (Å²) in [6.07, 6.45) is 0. The van der Waals surface area contributed by atoms with Crippen molar-refractivity contribution >= 4 is 17.5 Å². The molecule has 6 nitrogen and oxygen atoms in total. The molecule has 2 aromatic carbocycles. The summed E-state index contributed by atoms with van der Waals surface area (Å²) in [6, 6.07) is 17.0. The Kier molecular flexibility index (Phi) is 4.86. The molecule has 0 aliphatic heterocycles. The number of hydrogen-bond donors (Lipinski definition) is 0. The van der Waals surface area contributed by atoms with Gasteiger partial charge in [0, 0.05) is 24.2 Å². The molecule has 0 saturated heterocycles. The summed E-state index contributed by atoms with van der Waals surface area (Å²) < 4.78 is 0. The van der Waals surface area contributed by atoms with E-state index in [-0.39, 0.29) is 12.5 Å². The first-order chi connectivity index (χ1) is 11.6. The fourth-order valence-electron chi connectivity index (χ4n) is 2.23. The lowest BCUT2D eigenvalue weighted by Gasteiger charge is -2.17. The van der Waals surface area contributed by atoms with Crippen LogP contribution in [0.4, 0.5) is 0 Å². The molecular formula is C17H16ClN5O. The molecule has 3 rings (SSSR count). The summed E-state index contributed by atoms with van der Waals surface area (Å²) in [5.41, 5.74) is 1.76. The first kappa shape index (κ1) is 16.1. The molecule has 0 atom stereocenters. The van der Waals surface area contributed by atoms with Gasteiger partial charge in [-0.15, -0.1) is 10.2 Å². The molecule has 0 N–H and O–H groups in total. The van der Waals surface area contributed by atoms with Crippen molar-refractivity contribution < 1.29 is 4.79 Å². The van der Waals surface area contributed by atoms with Crippen molar-refractivity contribution in [2.45, 2.75) is 13.1 Å². The van der Waals surface area contributed by atoms with Gasteiger partial charge in [-0.1, -0.05) is 60.1 Å². The lowest BCUT2D eigenvalue weighted by molar-refractivity contribution is -0.131. The summed E-state index contributed by atoms with van der Waals surface area (Å²) in [7, 11) is 1.72. The smallest absolute Gasteiger partial charge is 0.246 e. The number of tetrazole rings is 1. The Hall–Kier alpha value is -2.73. The largest absolute Gasteiger partial charge is 0.340 e. The van der Waals surface area contributed by atoms with Crippen LogP contribution in [0.15, 0.2) is 54.6 Å². The second-order valence-corrected chi connectivity index (χ2v) is 5.76. The van der Waals surface area contributed by atoms with E-state index in [0.29, 0.717) is 17.4 Å². The zero-order valence-electron chi connectivity index (χ0n) is 13.1. The van der Waals surface area contributed by atoms with Gasteiger partial charge in [0.1, 0.15) is 6.54 Å². The Balaban J connectivity index is 1.65. The van der Waals surface area contributed by atoms with Crippen LogP contribution >= 0.6 is 11.6 Å². The van der Waals surface area contributed by atoms with Crippen molar-refractivity contribution in [2.24, 2.45) is 0 Å². The molecule has 0 saturated carbocycles. The minimum Gasteiger partial charge on any atom is -0.340 e. The van der Waals surface area contributed by atoms with Gasteiger partial charge in [-0.2, -0.15) is 4.80 Å². The average Bonchev–Trinajstić information content (AvgIpc) is 3.06. The summed E-state index contributed by atoms with van der Waals surface area (Å²) in [5.74, 6) is 0.379. The monoisotopic (exact) mass is 341 g/mol. The van der Waals surface area contributed by atoms with Gasteiger partial charge < -0.3 is 4.90 Å². The van der Waals surface area contributed by atoms with Crippen LogP contribution in [-0.4, -0.2) is 38.1 Å². The summed E-state index contributed by atoms with van der Waals surface area (Å²) in [6.45, 7) is 0.458. The summed E-state index contributed by atoms with van der Waals surface area (Å²) >= 11 is 6.13. The molecule has 0 unspecified atom stereocenters. The fraction of sp³-hybridized carbons (Fsp3) is 0.176. The highest BCUT2D eigenvalue weighted by atomic mass is 35.5. The van der Waals surface area contributed by atoms with Gasteiger partial charge in [0.25, 0.3) is 0 Å². The lowest BCUT2D eigenvalue weighted by Crippen LogP contribution is -2.30. The molecule has 3 aromatic rings. The number of benzene rings is 2. The molecule has 1 heterocycles. The standard InChI is InChI=1S/C17H16ClN5O/c1-22(11-14-9-5-6-10-15(14)18)16(24)12-23-20-17(19-21-23)13-7-3-2-4-8-13/h2-10H,11-12H2,1H3. The first-order valence-corrected chi connectivity index (χ1v) is 7.82. The van der Waals surface area contributed by atoms with Crippen LogP contribution in [0.3, 0.4) is 0 Å². The third kappa shape index (κ3) is 3.78. The maximum Gasteiger partial charge on any atom is 0.246 e. The van der Waals surface area contributed by atoms with Gasteiger partial charge in [0.2, 0.25) is 11.7 Å². The molecule has 0 bridgehead atoms. The van der Waals surface area contributed by atoms with Crippen LogP contribution in [-0.2, 0) is 17.9 Å². The lowest BCUT2D eigenvalue weighted by atomic mass is 10.2. The van der Waals surface area contributed by atoms with Gasteiger partial charge in [0.15, 0.2) is 0 Å².